The van der Waals surface area contributed by atoms with Gasteiger partial charge in [0.2, 0.25) is 6.79 Å². The summed E-state index contributed by atoms with van der Waals surface area (Å²) in [6, 6.07) is 13.8. The lowest BCUT2D eigenvalue weighted by molar-refractivity contribution is 0.174. The molecule has 0 amide bonds. The molecule has 2 aromatic rings. The highest BCUT2D eigenvalue weighted by Crippen LogP contribution is 2.35. The summed E-state index contributed by atoms with van der Waals surface area (Å²) in [6.45, 7) is 0.274. The van der Waals surface area contributed by atoms with E-state index >= 15 is 0 Å². The van der Waals surface area contributed by atoms with Crippen molar-refractivity contribution in [3.05, 3.63) is 48.0 Å². The maximum atomic E-state index is 5.40. The number of rotatable bonds is 3. The second-order valence-corrected chi connectivity index (χ2v) is 4.87. The Morgan fingerprint density at radius 2 is 1.95 bits per heavy atom. The van der Waals surface area contributed by atoms with Gasteiger partial charge in [-0.25, -0.2) is 0 Å². The van der Waals surface area contributed by atoms with Crippen LogP contribution < -0.4 is 20.6 Å². The zero-order chi connectivity index (χ0) is 14.7. The highest BCUT2D eigenvalue weighted by atomic mass is 32.1. The van der Waals surface area contributed by atoms with Gasteiger partial charge in [0.25, 0.3) is 0 Å². The first-order valence-corrected chi connectivity index (χ1v) is 6.72. The topological polar surface area (TPSA) is 68.9 Å². The minimum absolute atomic E-state index is 0.137. The predicted molar refractivity (Wildman–Crippen MR) is 85.5 cm³/mol. The monoisotopic (exact) mass is 299 g/mol. The van der Waals surface area contributed by atoms with E-state index in [2.05, 4.69) is 22.7 Å². The number of nitrogens with two attached hydrogens (primary N) is 1. The van der Waals surface area contributed by atoms with E-state index in [1.54, 1.807) is 6.21 Å². The fourth-order valence-electron chi connectivity index (χ4n) is 2.05. The Morgan fingerprint density at radius 3 is 2.81 bits per heavy atom. The number of hydrogen-bond donors (Lipinski definition) is 2. The zero-order valence-corrected chi connectivity index (χ0v) is 11.9. The first kappa shape index (κ1) is 13.4. The Balaban J connectivity index is 1.85. The van der Waals surface area contributed by atoms with Gasteiger partial charge in [0, 0.05) is 0 Å². The smallest absolute Gasteiger partial charge is 0.231 e. The van der Waals surface area contributed by atoms with Crippen LogP contribution in [0.5, 0.6) is 11.5 Å². The van der Waals surface area contributed by atoms with Crippen molar-refractivity contribution in [2.45, 2.75) is 0 Å². The van der Waals surface area contributed by atoms with E-state index in [0.29, 0.717) is 0 Å². The average Bonchev–Trinajstić information content (AvgIpc) is 2.94. The molecule has 0 bridgehead atoms. The maximum absolute atomic E-state index is 5.40. The molecule has 5 nitrogen and oxygen atoms in total. The number of ether oxygens (including phenoxy) is 2. The first-order chi connectivity index (χ1) is 10.2. The maximum Gasteiger partial charge on any atom is 0.231 e. The second-order valence-electron chi connectivity index (χ2n) is 4.43. The predicted octanol–water partition coefficient (Wildman–Crippen LogP) is 2.25. The van der Waals surface area contributed by atoms with Crippen molar-refractivity contribution in [2.24, 2.45) is 10.8 Å². The van der Waals surface area contributed by atoms with Crippen molar-refractivity contribution in [1.29, 1.82) is 0 Å². The molecule has 0 radical (unpaired) electrons. The van der Waals surface area contributed by atoms with Gasteiger partial charge in [-0.15, -0.1) is 0 Å². The Hall–Kier alpha value is -2.60. The van der Waals surface area contributed by atoms with Crippen molar-refractivity contribution in [1.82, 2.24) is 5.43 Å². The van der Waals surface area contributed by atoms with Crippen molar-refractivity contribution >= 4 is 23.5 Å². The summed E-state index contributed by atoms with van der Waals surface area (Å²) in [5.41, 5.74) is 10.9. The summed E-state index contributed by atoms with van der Waals surface area (Å²) >= 11 is 4.69. The molecular weight excluding hydrogens is 286 g/mol. The van der Waals surface area contributed by atoms with Gasteiger partial charge < -0.3 is 15.2 Å². The Kier molecular flexibility index (Phi) is 3.70. The van der Waals surface area contributed by atoms with Crippen LogP contribution >= 0.6 is 12.2 Å². The molecule has 0 unspecified atom stereocenters. The lowest BCUT2D eigenvalue weighted by atomic mass is 10.0. The normalized spacial score (nSPS) is 12.6. The quantitative estimate of drug-likeness (QED) is 0.517. The van der Waals surface area contributed by atoms with E-state index in [0.717, 1.165) is 28.2 Å². The molecular formula is C15H13N3O2S. The Bertz CT molecular complexity index is 716. The third-order valence-corrected chi connectivity index (χ3v) is 3.07. The highest BCUT2D eigenvalue weighted by Gasteiger charge is 2.13. The van der Waals surface area contributed by atoms with Crippen LogP contribution in [0.15, 0.2) is 47.6 Å². The van der Waals surface area contributed by atoms with Crippen LogP contribution in [-0.4, -0.2) is 18.1 Å². The van der Waals surface area contributed by atoms with Gasteiger partial charge in [0.05, 0.1) is 6.21 Å². The number of fused-ring (bicyclic) bond motifs is 1. The van der Waals surface area contributed by atoms with Crippen LogP contribution in [0.4, 0.5) is 0 Å². The summed E-state index contributed by atoms with van der Waals surface area (Å²) < 4.78 is 10.7. The minimum Gasteiger partial charge on any atom is -0.454 e. The number of nitrogens with one attached hydrogen (secondary N) is 1. The first-order valence-electron chi connectivity index (χ1n) is 6.31. The molecule has 0 fully saturated rings. The van der Waals surface area contributed by atoms with Gasteiger partial charge in [-0.3, -0.25) is 5.43 Å². The molecule has 1 aliphatic heterocycles. The van der Waals surface area contributed by atoms with E-state index < -0.39 is 0 Å². The fourth-order valence-corrected chi connectivity index (χ4v) is 2.10. The van der Waals surface area contributed by atoms with E-state index in [1.807, 2.05) is 42.5 Å². The van der Waals surface area contributed by atoms with Gasteiger partial charge in [0.15, 0.2) is 16.6 Å². The van der Waals surface area contributed by atoms with Crippen molar-refractivity contribution in [3.63, 3.8) is 0 Å². The Labute approximate surface area is 127 Å². The molecule has 0 saturated carbocycles. The van der Waals surface area contributed by atoms with Gasteiger partial charge in [0.1, 0.15) is 0 Å². The van der Waals surface area contributed by atoms with E-state index in [4.69, 9.17) is 15.2 Å². The van der Waals surface area contributed by atoms with Gasteiger partial charge in [-0.2, -0.15) is 5.10 Å². The highest BCUT2D eigenvalue weighted by molar-refractivity contribution is 7.80. The molecule has 3 rings (SSSR count). The minimum atomic E-state index is 0.137. The summed E-state index contributed by atoms with van der Waals surface area (Å²) in [5.74, 6) is 1.54. The molecule has 21 heavy (non-hydrogen) atoms. The summed E-state index contributed by atoms with van der Waals surface area (Å²) in [4.78, 5) is 0. The second kappa shape index (κ2) is 5.80. The standard InChI is InChI=1S/C15H13N3O2S/c16-15(21)18-17-8-10-2-1-3-11(6-10)12-4-5-13-14(7-12)20-9-19-13/h1-8H,9H2,(H3,16,18,21)/b17-8+. The average molecular weight is 299 g/mol. The third-order valence-electron chi connectivity index (χ3n) is 2.98. The van der Waals surface area contributed by atoms with Gasteiger partial charge in [-0.05, 0) is 47.1 Å². The molecule has 1 heterocycles. The zero-order valence-electron chi connectivity index (χ0n) is 11.1. The third kappa shape index (κ3) is 3.11. The van der Waals surface area contributed by atoms with Crippen molar-refractivity contribution in [2.75, 3.05) is 6.79 Å². The molecule has 1 aliphatic rings. The number of hydrogen-bond acceptors (Lipinski definition) is 4. The Morgan fingerprint density at radius 1 is 1.14 bits per heavy atom. The molecule has 6 heteroatoms. The molecule has 3 N–H and O–H groups in total. The molecule has 0 spiro atoms. The van der Waals surface area contributed by atoms with E-state index in [-0.39, 0.29) is 11.9 Å². The van der Waals surface area contributed by atoms with Crippen LogP contribution in [0.25, 0.3) is 11.1 Å². The van der Waals surface area contributed by atoms with Crippen LogP contribution in [0.1, 0.15) is 5.56 Å². The number of benzene rings is 2. The van der Waals surface area contributed by atoms with E-state index in [9.17, 15) is 0 Å². The van der Waals surface area contributed by atoms with E-state index in [1.165, 1.54) is 0 Å². The molecule has 0 saturated heterocycles. The number of hydrazone groups is 1. The van der Waals surface area contributed by atoms with Crippen LogP contribution in [-0.2, 0) is 0 Å². The summed E-state index contributed by atoms with van der Waals surface area (Å²) in [5, 5.41) is 4.09. The van der Waals surface area contributed by atoms with Crippen molar-refractivity contribution in [3.8, 4) is 22.6 Å². The summed E-state index contributed by atoms with van der Waals surface area (Å²) in [7, 11) is 0. The van der Waals surface area contributed by atoms with Gasteiger partial charge in [-0.1, -0.05) is 24.3 Å². The van der Waals surface area contributed by atoms with Crippen LogP contribution in [0, 0.1) is 0 Å². The lowest BCUT2D eigenvalue weighted by Crippen LogP contribution is -2.23. The molecule has 0 atom stereocenters. The fraction of sp³-hybridized carbons (Fsp3) is 0.0667. The summed E-state index contributed by atoms with van der Waals surface area (Å²) in [6.07, 6.45) is 1.66. The molecule has 0 aliphatic carbocycles. The molecule has 106 valence electrons. The largest absolute Gasteiger partial charge is 0.454 e. The SMILES string of the molecule is NC(=S)N/N=C/c1cccc(-c2ccc3c(c2)OCO3)c1. The van der Waals surface area contributed by atoms with Gasteiger partial charge >= 0.3 is 0 Å². The van der Waals surface area contributed by atoms with Crippen LogP contribution in [0.2, 0.25) is 0 Å². The van der Waals surface area contributed by atoms with Crippen molar-refractivity contribution < 1.29 is 9.47 Å². The molecule has 2 aromatic carbocycles. The van der Waals surface area contributed by atoms with Crippen LogP contribution in [0.3, 0.4) is 0 Å². The lowest BCUT2D eigenvalue weighted by Gasteiger charge is -2.04. The molecule has 0 aromatic heterocycles. The number of nitrogens with zero attached hydrogens (tertiary/aromatic N) is 1. The number of thiocarbonyl (C=S) groups is 1.